The van der Waals surface area contributed by atoms with Gasteiger partial charge in [0, 0.05) is 13.0 Å². The highest BCUT2D eigenvalue weighted by Crippen LogP contribution is 2.38. The second-order valence-electron chi connectivity index (χ2n) is 4.59. The van der Waals surface area contributed by atoms with E-state index in [1.165, 1.54) is 0 Å². The first-order valence-electron chi connectivity index (χ1n) is 6.75. The fraction of sp³-hybridized carbons (Fsp3) is 0.500. The minimum atomic E-state index is 0. The summed E-state index contributed by atoms with van der Waals surface area (Å²) in [4.78, 5) is 11.5. The number of rotatable bonds is 6. The van der Waals surface area contributed by atoms with Gasteiger partial charge in [-0.2, -0.15) is 0 Å². The molecule has 2 rings (SSSR count). The second-order valence-corrected chi connectivity index (χ2v) is 5.00. The summed E-state index contributed by atoms with van der Waals surface area (Å²) >= 11 is 6.15. The molecule has 3 N–H and O–H groups in total. The predicted molar refractivity (Wildman–Crippen MR) is 84.7 cm³/mol. The van der Waals surface area contributed by atoms with Crippen molar-refractivity contribution in [3.05, 3.63) is 22.7 Å². The molecule has 1 aromatic rings. The Morgan fingerprint density at radius 2 is 2.10 bits per heavy atom. The number of carbonyl (C=O) groups excluding carboxylic acids is 1. The van der Waals surface area contributed by atoms with Crippen LogP contribution in [-0.2, 0) is 11.2 Å². The van der Waals surface area contributed by atoms with Crippen molar-refractivity contribution in [2.45, 2.75) is 19.3 Å². The third-order valence-electron chi connectivity index (χ3n) is 3.00. The van der Waals surface area contributed by atoms with Crippen LogP contribution in [0.1, 0.15) is 18.4 Å². The van der Waals surface area contributed by atoms with E-state index in [0.29, 0.717) is 62.1 Å². The molecule has 0 saturated carbocycles. The standard InChI is InChI=1S/C14H19ClN2O3.ClH/c15-11-8-10(3-5-17-13(18)2-1-4-16)9-12-14(11)20-7-6-19-12;/h8-9H,1-7,16H2,(H,17,18);1H. The van der Waals surface area contributed by atoms with Crippen molar-refractivity contribution in [2.75, 3.05) is 26.3 Å². The molecule has 0 saturated heterocycles. The van der Waals surface area contributed by atoms with E-state index in [1.807, 2.05) is 12.1 Å². The zero-order chi connectivity index (χ0) is 14.4. The molecule has 1 heterocycles. The normalized spacial score (nSPS) is 12.5. The van der Waals surface area contributed by atoms with Crippen molar-refractivity contribution in [2.24, 2.45) is 5.73 Å². The van der Waals surface area contributed by atoms with Gasteiger partial charge in [0.25, 0.3) is 0 Å². The topological polar surface area (TPSA) is 73.6 Å². The molecule has 7 heteroatoms. The van der Waals surface area contributed by atoms with E-state index in [0.717, 1.165) is 5.56 Å². The molecule has 118 valence electrons. The number of halogens is 2. The predicted octanol–water partition coefficient (Wildman–Crippen LogP) is 1.93. The molecule has 0 spiro atoms. The van der Waals surface area contributed by atoms with Crippen LogP contribution >= 0.6 is 24.0 Å². The number of ether oxygens (including phenoxy) is 2. The average molecular weight is 335 g/mol. The Bertz CT molecular complexity index is 484. The van der Waals surface area contributed by atoms with Crippen LogP contribution in [0.5, 0.6) is 11.5 Å². The van der Waals surface area contributed by atoms with Crippen molar-refractivity contribution in [1.82, 2.24) is 5.32 Å². The Kier molecular flexibility index (Phi) is 7.64. The van der Waals surface area contributed by atoms with Crippen LogP contribution in [-0.4, -0.2) is 32.2 Å². The summed E-state index contributed by atoms with van der Waals surface area (Å²) in [6, 6.07) is 3.76. The van der Waals surface area contributed by atoms with E-state index in [1.54, 1.807) is 0 Å². The van der Waals surface area contributed by atoms with Crippen molar-refractivity contribution < 1.29 is 14.3 Å². The quantitative estimate of drug-likeness (QED) is 0.833. The van der Waals surface area contributed by atoms with Gasteiger partial charge in [0.2, 0.25) is 5.91 Å². The fourth-order valence-electron chi connectivity index (χ4n) is 2.01. The molecule has 0 aromatic heterocycles. The first-order valence-corrected chi connectivity index (χ1v) is 7.13. The van der Waals surface area contributed by atoms with Crippen molar-refractivity contribution in [3.63, 3.8) is 0 Å². The highest BCUT2D eigenvalue weighted by Gasteiger charge is 2.16. The lowest BCUT2D eigenvalue weighted by molar-refractivity contribution is -0.121. The van der Waals surface area contributed by atoms with Gasteiger partial charge in [-0.3, -0.25) is 4.79 Å². The molecule has 0 atom stereocenters. The molecule has 1 aromatic carbocycles. The van der Waals surface area contributed by atoms with E-state index in [2.05, 4.69) is 5.32 Å². The van der Waals surface area contributed by atoms with Crippen molar-refractivity contribution in [1.29, 1.82) is 0 Å². The highest BCUT2D eigenvalue weighted by atomic mass is 35.5. The summed E-state index contributed by atoms with van der Waals surface area (Å²) in [7, 11) is 0. The summed E-state index contributed by atoms with van der Waals surface area (Å²) < 4.78 is 11.0. The van der Waals surface area contributed by atoms with Gasteiger partial charge in [-0.25, -0.2) is 0 Å². The molecule has 5 nitrogen and oxygen atoms in total. The molecular formula is C14H20Cl2N2O3. The summed E-state index contributed by atoms with van der Waals surface area (Å²) in [5.41, 5.74) is 6.37. The summed E-state index contributed by atoms with van der Waals surface area (Å²) in [6.45, 7) is 2.15. The lowest BCUT2D eigenvalue weighted by atomic mass is 10.1. The summed E-state index contributed by atoms with van der Waals surface area (Å²) in [6.07, 6.45) is 1.88. The van der Waals surface area contributed by atoms with Gasteiger partial charge in [-0.1, -0.05) is 11.6 Å². The number of fused-ring (bicyclic) bond motifs is 1. The third kappa shape index (κ3) is 5.26. The summed E-state index contributed by atoms with van der Waals surface area (Å²) in [5, 5.41) is 3.40. The molecule has 21 heavy (non-hydrogen) atoms. The molecule has 0 unspecified atom stereocenters. The van der Waals surface area contributed by atoms with E-state index >= 15 is 0 Å². The minimum absolute atomic E-state index is 0. The maximum absolute atomic E-state index is 11.5. The monoisotopic (exact) mass is 334 g/mol. The van der Waals surface area contributed by atoms with Crippen LogP contribution < -0.4 is 20.5 Å². The molecule has 1 aliphatic heterocycles. The smallest absolute Gasteiger partial charge is 0.220 e. The minimum Gasteiger partial charge on any atom is -0.486 e. The van der Waals surface area contributed by atoms with E-state index in [9.17, 15) is 4.79 Å². The number of benzene rings is 1. The van der Waals surface area contributed by atoms with Crippen LogP contribution in [0.15, 0.2) is 12.1 Å². The fourth-order valence-corrected chi connectivity index (χ4v) is 2.29. The van der Waals surface area contributed by atoms with Crippen LogP contribution in [0.25, 0.3) is 0 Å². The van der Waals surface area contributed by atoms with Gasteiger partial charge in [0.1, 0.15) is 13.2 Å². The molecule has 0 aliphatic carbocycles. The molecule has 1 aliphatic rings. The molecular weight excluding hydrogens is 315 g/mol. The second kappa shape index (κ2) is 8.97. The molecule has 0 fully saturated rings. The van der Waals surface area contributed by atoms with Crippen LogP contribution in [0.3, 0.4) is 0 Å². The van der Waals surface area contributed by atoms with E-state index < -0.39 is 0 Å². The van der Waals surface area contributed by atoms with E-state index in [-0.39, 0.29) is 18.3 Å². The zero-order valence-corrected chi connectivity index (χ0v) is 13.3. The Morgan fingerprint density at radius 1 is 1.33 bits per heavy atom. The molecule has 0 radical (unpaired) electrons. The Labute approximate surface area is 135 Å². The number of amides is 1. The summed E-state index contributed by atoms with van der Waals surface area (Å²) in [5.74, 6) is 1.31. The lowest BCUT2D eigenvalue weighted by Gasteiger charge is -2.20. The first kappa shape index (κ1) is 17.9. The molecule has 0 bridgehead atoms. The van der Waals surface area contributed by atoms with Gasteiger partial charge in [0.15, 0.2) is 11.5 Å². The Morgan fingerprint density at radius 3 is 2.86 bits per heavy atom. The third-order valence-corrected chi connectivity index (χ3v) is 3.28. The van der Waals surface area contributed by atoms with Gasteiger partial charge in [-0.15, -0.1) is 12.4 Å². The molecule has 1 amide bonds. The van der Waals surface area contributed by atoms with Crippen molar-refractivity contribution >= 4 is 29.9 Å². The van der Waals surface area contributed by atoms with Gasteiger partial charge in [-0.05, 0) is 37.1 Å². The van der Waals surface area contributed by atoms with Gasteiger partial charge in [0.05, 0.1) is 5.02 Å². The number of nitrogens with one attached hydrogen (secondary N) is 1. The van der Waals surface area contributed by atoms with E-state index in [4.69, 9.17) is 26.8 Å². The van der Waals surface area contributed by atoms with Gasteiger partial charge >= 0.3 is 0 Å². The number of carbonyl (C=O) groups is 1. The average Bonchev–Trinajstić information content (AvgIpc) is 2.45. The lowest BCUT2D eigenvalue weighted by Crippen LogP contribution is -2.26. The van der Waals surface area contributed by atoms with Crippen LogP contribution in [0, 0.1) is 0 Å². The number of nitrogens with two attached hydrogens (primary N) is 1. The SMILES string of the molecule is Cl.NCCCC(=O)NCCc1cc(Cl)c2c(c1)OCCO2. The van der Waals surface area contributed by atoms with Crippen molar-refractivity contribution in [3.8, 4) is 11.5 Å². The Hall–Kier alpha value is -1.17. The van der Waals surface area contributed by atoms with Crippen LogP contribution in [0.2, 0.25) is 5.02 Å². The first-order chi connectivity index (χ1) is 9.70. The maximum atomic E-state index is 11.5. The Balaban J connectivity index is 0.00000220. The maximum Gasteiger partial charge on any atom is 0.220 e. The highest BCUT2D eigenvalue weighted by molar-refractivity contribution is 6.32. The number of hydrogen-bond donors (Lipinski definition) is 2. The van der Waals surface area contributed by atoms with Gasteiger partial charge < -0.3 is 20.5 Å². The number of hydrogen-bond acceptors (Lipinski definition) is 4. The van der Waals surface area contributed by atoms with Crippen LogP contribution in [0.4, 0.5) is 0 Å². The largest absolute Gasteiger partial charge is 0.486 e. The zero-order valence-electron chi connectivity index (χ0n) is 11.7.